The molecule has 0 bridgehead atoms. The molecule has 0 unspecified atom stereocenters. The van der Waals surface area contributed by atoms with Gasteiger partial charge in [-0.1, -0.05) is 34.8 Å². The molecule has 9 heteroatoms. The van der Waals surface area contributed by atoms with Crippen molar-refractivity contribution in [3.8, 4) is 0 Å². The van der Waals surface area contributed by atoms with Crippen LogP contribution >= 0.6 is 34.8 Å². The lowest BCUT2D eigenvalue weighted by Crippen LogP contribution is -2.36. The number of amides is 2. The number of hydrazone groups is 1. The van der Waals surface area contributed by atoms with Crippen molar-refractivity contribution in [3.05, 3.63) is 27.2 Å². The van der Waals surface area contributed by atoms with Gasteiger partial charge in [0.15, 0.2) is 0 Å². The smallest absolute Gasteiger partial charge is 0.274 e. The Labute approximate surface area is 117 Å². The number of hydrogen-bond donors (Lipinski definition) is 3. The van der Waals surface area contributed by atoms with Gasteiger partial charge in [0, 0.05) is 5.02 Å². The van der Waals surface area contributed by atoms with E-state index in [2.05, 4.69) is 10.5 Å². The summed E-state index contributed by atoms with van der Waals surface area (Å²) < 4.78 is 0. The van der Waals surface area contributed by atoms with Crippen molar-refractivity contribution < 1.29 is 9.59 Å². The molecule has 0 radical (unpaired) electrons. The van der Waals surface area contributed by atoms with Gasteiger partial charge in [-0.3, -0.25) is 15.0 Å². The second-order valence-corrected chi connectivity index (χ2v) is 4.30. The van der Waals surface area contributed by atoms with Gasteiger partial charge in [-0.25, -0.2) is 0 Å². The maximum absolute atomic E-state index is 10.8. The standard InChI is InChI=1S/C9H7Cl3N4O2/c10-3-1-4(11)6(5(12)2-3)15-16-7(8(13)17)9(14)18/h1-2,15H,(H2,13,17)(H2,14,18). The Balaban J connectivity index is 3.09. The number of nitrogens with one attached hydrogen (secondary N) is 1. The van der Waals surface area contributed by atoms with Crippen LogP contribution in [0, 0.1) is 0 Å². The van der Waals surface area contributed by atoms with E-state index in [0.717, 1.165) is 0 Å². The largest absolute Gasteiger partial charge is 0.364 e. The summed E-state index contributed by atoms with van der Waals surface area (Å²) in [4.78, 5) is 21.7. The predicted octanol–water partition coefficient (Wildman–Crippen LogP) is 1.39. The molecule has 2 amide bonds. The lowest BCUT2D eigenvalue weighted by atomic mass is 10.3. The Morgan fingerprint density at radius 2 is 1.50 bits per heavy atom. The number of benzene rings is 1. The number of primary amides is 2. The van der Waals surface area contributed by atoms with E-state index in [-0.39, 0.29) is 15.7 Å². The second-order valence-electron chi connectivity index (χ2n) is 3.05. The summed E-state index contributed by atoms with van der Waals surface area (Å²) in [6, 6.07) is 2.81. The number of anilines is 1. The van der Waals surface area contributed by atoms with Gasteiger partial charge in [-0.2, -0.15) is 5.10 Å². The molecule has 0 heterocycles. The highest BCUT2D eigenvalue weighted by Gasteiger charge is 2.15. The van der Waals surface area contributed by atoms with Crippen molar-refractivity contribution in [2.24, 2.45) is 16.6 Å². The number of rotatable bonds is 4. The van der Waals surface area contributed by atoms with Gasteiger partial charge in [0.2, 0.25) is 5.71 Å². The highest BCUT2D eigenvalue weighted by Crippen LogP contribution is 2.33. The van der Waals surface area contributed by atoms with Crippen molar-refractivity contribution in [2.75, 3.05) is 5.43 Å². The maximum atomic E-state index is 10.8. The third kappa shape index (κ3) is 3.49. The summed E-state index contributed by atoms with van der Waals surface area (Å²) in [5.74, 6) is -2.15. The molecule has 1 aromatic carbocycles. The van der Waals surface area contributed by atoms with Crippen molar-refractivity contribution in [1.29, 1.82) is 0 Å². The zero-order chi connectivity index (χ0) is 13.9. The number of carbonyl (C=O) groups excluding carboxylic acids is 2. The first-order valence-electron chi connectivity index (χ1n) is 4.40. The number of nitrogens with two attached hydrogens (primary N) is 2. The average molecular weight is 310 g/mol. The van der Waals surface area contributed by atoms with Gasteiger partial charge < -0.3 is 11.5 Å². The molecule has 1 rings (SSSR count). The minimum Gasteiger partial charge on any atom is -0.364 e. The molecular weight excluding hydrogens is 302 g/mol. The molecule has 0 fully saturated rings. The van der Waals surface area contributed by atoms with Crippen molar-refractivity contribution in [2.45, 2.75) is 0 Å². The molecule has 0 spiro atoms. The molecular formula is C9H7Cl3N4O2. The van der Waals surface area contributed by atoms with Crippen LogP contribution in [0.3, 0.4) is 0 Å². The zero-order valence-electron chi connectivity index (χ0n) is 8.71. The lowest BCUT2D eigenvalue weighted by Gasteiger charge is -2.07. The van der Waals surface area contributed by atoms with Crippen LogP contribution in [0.2, 0.25) is 15.1 Å². The zero-order valence-corrected chi connectivity index (χ0v) is 11.0. The number of nitrogens with zero attached hydrogens (tertiary/aromatic N) is 1. The van der Waals surface area contributed by atoms with Crippen LogP contribution in [0.5, 0.6) is 0 Å². The van der Waals surface area contributed by atoms with Crippen LogP contribution in [0.25, 0.3) is 0 Å². The third-order valence-electron chi connectivity index (χ3n) is 1.75. The second kappa shape index (κ2) is 5.90. The molecule has 0 aliphatic heterocycles. The number of hydrogen-bond acceptors (Lipinski definition) is 4. The van der Waals surface area contributed by atoms with E-state index in [4.69, 9.17) is 46.3 Å². The summed E-state index contributed by atoms with van der Waals surface area (Å²) in [5.41, 5.74) is 11.7. The quantitative estimate of drug-likeness (QED) is 0.444. The van der Waals surface area contributed by atoms with Crippen molar-refractivity contribution >= 4 is 58.0 Å². The molecule has 0 saturated heterocycles. The summed E-state index contributed by atoms with van der Waals surface area (Å²) in [7, 11) is 0. The van der Waals surface area contributed by atoms with E-state index in [1.165, 1.54) is 12.1 Å². The molecule has 18 heavy (non-hydrogen) atoms. The molecule has 96 valence electrons. The van der Waals surface area contributed by atoms with Crippen LogP contribution in [0.4, 0.5) is 5.69 Å². The Morgan fingerprint density at radius 1 is 1.06 bits per heavy atom. The molecule has 5 N–H and O–H groups in total. The van der Waals surface area contributed by atoms with Crippen LogP contribution in [-0.2, 0) is 9.59 Å². The molecule has 1 aromatic rings. The molecule has 0 saturated carbocycles. The van der Waals surface area contributed by atoms with Gasteiger partial charge >= 0.3 is 0 Å². The fourth-order valence-corrected chi connectivity index (χ4v) is 1.89. The Morgan fingerprint density at radius 3 is 1.89 bits per heavy atom. The van der Waals surface area contributed by atoms with Crippen LogP contribution in [0.1, 0.15) is 0 Å². The topological polar surface area (TPSA) is 111 Å². The molecule has 0 aromatic heterocycles. The summed E-state index contributed by atoms with van der Waals surface area (Å²) in [6.07, 6.45) is 0. The van der Waals surface area contributed by atoms with Gasteiger partial charge in [0.05, 0.1) is 15.7 Å². The first kappa shape index (κ1) is 14.6. The van der Waals surface area contributed by atoms with Gasteiger partial charge in [-0.15, -0.1) is 0 Å². The predicted molar refractivity (Wildman–Crippen MR) is 70.9 cm³/mol. The van der Waals surface area contributed by atoms with E-state index in [1.807, 2.05) is 0 Å². The van der Waals surface area contributed by atoms with Gasteiger partial charge in [0.25, 0.3) is 11.8 Å². The van der Waals surface area contributed by atoms with E-state index in [9.17, 15) is 9.59 Å². The lowest BCUT2D eigenvalue weighted by molar-refractivity contribution is -0.115. The van der Waals surface area contributed by atoms with Crippen LogP contribution in [-0.4, -0.2) is 17.5 Å². The summed E-state index contributed by atoms with van der Waals surface area (Å²) in [6.45, 7) is 0. The highest BCUT2D eigenvalue weighted by molar-refractivity contribution is 6.64. The third-order valence-corrected chi connectivity index (χ3v) is 2.57. The number of carbonyl (C=O) groups is 2. The monoisotopic (exact) mass is 308 g/mol. The number of halogens is 3. The van der Waals surface area contributed by atoms with Crippen LogP contribution < -0.4 is 16.9 Å². The average Bonchev–Trinajstić information content (AvgIpc) is 2.20. The molecule has 0 atom stereocenters. The van der Waals surface area contributed by atoms with E-state index < -0.39 is 17.5 Å². The normalized spacial score (nSPS) is 9.72. The minimum atomic E-state index is -1.07. The fourth-order valence-electron chi connectivity index (χ4n) is 0.992. The van der Waals surface area contributed by atoms with E-state index in [0.29, 0.717) is 5.02 Å². The molecule has 0 aliphatic carbocycles. The summed E-state index contributed by atoms with van der Waals surface area (Å²) >= 11 is 17.4. The SMILES string of the molecule is NC(=O)C(=NNc1c(Cl)cc(Cl)cc1Cl)C(N)=O. The summed E-state index contributed by atoms with van der Waals surface area (Å²) in [5, 5.41) is 4.09. The van der Waals surface area contributed by atoms with E-state index in [1.54, 1.807) is 0 Å². The van der Waals surface area contributed by atoms with Crippen LogP contribution in [0.15, 0.2) is 17.2 Å². The van der Waals surface area contributed by atoms with Gasteiger partial charge in [0.1, 0.15) is 0 Å². The van der Waals surface area contributed by atoms with Gasteiger partial charge in [-0.05, 0) is 12.1 Å². The first-order valence-corrected chi connectivity index (χ1v) is 5.54. The Hall–Kier alpha value is -1.50. The Bertz CT molecular complexity index is 506. The van der Waals surface area contributed by atoms with E-state index >= 15 is 0 Å². The van der Waals surface area contributed by atoms with Crippen molar-refractivity contribution in [3.63, 3.8) is 0 Å². The maximum Gasteiger partial charge on any atom is 0.274 e. The molecule has 0 aliphatic rings. The minimum absolute atomic E-state index is 0.157. The fraction of sp³-hybridized carbons (Fsp3) is 0. The first-order chi connectivity index (χ1) is 8.32. The Kier molecular flexibility index (Phi) is 4.77. The molecule has 6 nitrogen and oxygen atoms in total. The van der Waals surface area contributed by atoms with Crippen molar-refractivity contribution in [1.82, 2.24) is 0 Å². The highest BCUT2D eigenvalue weighted by atomic mass is 35.5.